The molecule has 0 atom stereocenters. The highest BCUT2D eigenvalue weighted by Gasteiger charge is 2.08. The molecule has 0 aromatic heterocycles. The van der Waals surface area contributed by atoms with E-state index in [0.717, 1.165) is 6.61 Å². The lowest BCUT2D eigenvalue weighted by atomic mass is 10.1. The second-order valence-corrected chi connectivity index (χ2v) is 5.78. The van der Waals surface area contributed by atoms with Crippen molar-refractivity contribution in [3.05, 3.63) is 12.2 Å². The SMILES string of the molecule is CCCC=CCCCCCCCOC(C)(C)C. The molecule has 17 heavy (non-hydrogen) atoms. The maximum absolute atomic E-state index is 5.69. The van der Waals surface area contributed by atoms with Crippen LogP contribution in [0.4, 0.5) is 0 Å². The predicted molar refractivity (Wildman–Crippen MR) is 77.5 cm³/mol. The molecule has 0 heterocycles. The zero-order valence-corrected chi connectivity index (χ0v) is 12.4. The van der Waals surface area contributed by atoms with Crippen molar-refractivity contribution in [2.75, 3.05) is 6.61 Å². The Morgan fingerprint density at radius 1 is 0.824 bits per heavy atom. The fourth-order valence-corrected chi connectivity index (χ4v) is 1.68. The van der Waals surface area contributed by atoms with Crippen LogP contribution in [0.15, 0.2) is 12.2 Å². The van der Waals surface area contributed by atoms with Crippen LogP contribution in [0.5, 0.6) is 0 Å². The smallest absolute Gasteiger partial charge is 0.0598 e. The summed E-state index contributed by atoms with van der Waals surface area (Å²) in [5.74, 6) is 0. The minimum Gasteiger partial charge on any atom is -0.376 e. The van der Waals surface area contributed by atoms with Gasteiger partial charge in [0.1, 0.15) is 0 Å². The molecule has 0 radical (unpaired) electrons. The molecular weight excluding hydrogens is 208 g/mol. The maximum Gasteiger partial charge on any atom is 0.0598 e. The summed E-state index contributed by atoms with van der Waals surface area (Å²) in [4.78, 5) is 0. The Hall–Kier alpha value is -0.300. The van der Waals surface area contributed by atoms with Gasteiger partial charge in [0.05, 0.1) is 5.60 Å². The topological polar surface area (TPSA) is 9.23 Å². The number of unbranched alkanes of at least 4 members (excludes halogenated alkanes) is 6. The Morgan fingerprint density at radius 2 is 1.41 bits per heavy atom. The fraction of sp³-hybridized carbons (Fsp3) is 0.875. The van der Waals surface area contributed by atoms with E-state index in [1.807, 2.05) is 0 Å². The number of ether oxygens (including phenoxy) is 1. The van der Waals surface area contributed by atoms with Crippen LogP contribution in [0.3, 0.4) is 0 Å². The van der Waals surface area contributed by atoms with E-state index in [-0.39, 0.29) is 5.60 Å². The van der Waals surface area contributed by atoms with Crippen LogP contribution in [0, 0.1) is 0 Å². The Kier molecular flexibility index (Phi) is 10.6. The third-order valence-electron chi connectivity index (χ3n) is 2.67. The molecule has 0 aromatic carbocycles. The van der Waals surface area contributed by atoms with Crippen LogP contribution in [0.1, 0.15) is 79.1 Å². The van der Waals surface area contributed by atoms with E-state index in [9.17, 15) is 0 Å². The molecule has 0 spiro atoms. The van der Waals surface area contributed by atoms with Gasteiger partial charge in [-0.2, -0.15) is 0 Å². The maximum atomic E-state index is 5.69. The summed E-state index contributed by atoms with van der Waals surface area (Å²) >= 11 is 0. The lowest BCUT2D eigenvalue weighted by molar-refractivity contribution is -0.00474. The summed E-state index contributed by atoms with van der Waals surface area (Å²) in [7, 11) is 0. The molecule has 0 bridgehead atoms. The van der Waals surface area contributed by atoms with Gasteiger partial charge in [-0.1, -0.05) is 44.8 Å². The second-order valence-electron chi connectivity index (χ2n) is 5.78. The number of hydrogen-bond donors (Lipinski definition) is 0. The monoisotopic (exact) mass is 240 g/mol. The normalized spacial score (nSPS) is 12.5. The molecule has 0 aliphatic rings. The largest absolute Gasteiger partial charge is 0.376 e. The molecule has 0 saturated heterocycles. The second kappa shape index (κ2) is 10.8. The Labute approximate surface area is 109 Å². The van der Waals surface area contributed by atoms with Gasteiger partial charge in [-0.25, -0.2) is 0 Å². The van der Waals surface area contributed by atoms with E-state index in [2.05, 4.69) is 39.8 Å². The fourth-order valence-electron chi connectivity index (χ4n) is 1.68. The molecule has 1 nitrogen and oxygen atoms in total. The van der Waals surface area contributed by atoms with E-state index < -0.39 is 0 Å². The van der Waals surface area contributed by atoms with Crippen molar-refractivity contribution in [3.63, 3.8) is 0 Å². The first kappa shape index (κ1) is 16.7. The van der Waals surface area contributed by atoms with Gasteiger partial charge in [-0.3, -0.25) is 0 Å². The standard InChI is InChI=1S/C16H32O/c1-5-6-7-8-9-10-11-12-13-14-15-17-16(2,3)4/h7-8H,5-6,9-15H2,1-4H3. The molecule has 0 amide bonds. The molecule has 1 heteroatoms. The van der Waals surface area contributed by atoms with Crippen molar-refractivity contribution in [2.24, 2.45) is 0 Å². The summed E-state index contributed by atoms with van der Waals surface area (Å²) in [6.45, 7) is 9.50. The van der Waals surface area contributed by atoms with Crippen LogP contribution in [0.25, 0.3) is 0 Å². The molecular formula is C16H32O. The zero-order chi connectivity index (χ0) is 13.0. The molecule has 0 N–H and O–H groups in total. The number of hydrogen-bond acceptors (Lipinski definition) is 1. The Morgan fingerprint density at radius 3 is 2.06 bits per heavy atom. The summed E-state index contributed by atoms with van der Waals surface area (Å²) in [6.07, 6.45) is 15.0. The first-order valence-electron chi connectivity index (χ1n) is 7.35. The third kappa shape index (κ3) is 15.7. The van der Waals surface area contributed by atoms with Gasteiger partial charge >= 0.3 is 0 Å². The average Bonchev–Trinajstić information content (AvgIpc) is 2.24. The van der Waals surface area contributed by atoms with Gasteiger partial charge in [0.25, 0.3) is 0 Å². The summed E-state index contributed by atoms with van der Waals surface area (Å²) in [5, 5.41) is 0. The molecule has 0 rings (SSSR count). The van der Waals surface area contributed by atoms with Crippen molar-refractivity contribution < 1.29 is 4.74 Å². The highest BCUT2D eigenvalue weighted by Crippen LogP contribution is 2.10. The molecule has 102 valence electrons. The number of allylic oxidation sites excluding steroid dienone is 2. The van der Waals surface area contributed by atoms with Crippen molar-refractivity contribution in [3.8, 4) is 0 Å². The van der Waals surface area contributed by atoms with E-state index >= 15 is 0 Å². The van der Waals surface area contributed by atoms with E-state index in [1.165, 1.54) is 51.4 Å². The van der Waals surface area contributed by atoms with Crippen LogP contribution in [-0.2, 0) is 4.74 Å². The quantitative estimate of drug-likeness (QED) is 0.362. The molecule has 0 fully saturated rings. The zero-order valence-electron chi connectivity index (χ0n) is 12.4. The first-order valence-corrected chi connectivity index (χ1v) is 7.35. The van der Waals surface area contributed by atoms with Gasteiger partial charge in [-0.15, -0.1) is 0 Å². The predicted octanol–water partition coefficient (Wildman–Crippen LogP) is 5.50. The minimum absolute atomic E-state index is 0.0318. The van der Waals surface area contributed by atoms with Crippen molar-refractivity contribution in [2.45, 2.75) is 84.7 Å². The van der Waals surface area contributed by atoms with Gasteiger partial charge in [0.15, 0.2) is 0 Å². The highest BCUT2D eigenvalue weighted by atomic mass is 16.5. The molecule has 0 aliphatic carbocycles. The molecule has 0 aromatic rings. The molecule has 0 aliphatic heterocycles. The Balaban J connectivity index is 3.09. The van der Waals surface area contributed by atoms with Gasteiger partial charge in [0, 0.05) is 6.61 Å². The van der Waals surface area contributed by atoms with Gasteiger partial charge in [-0.05, 0) is 46.5 Å². The van der Waals surface area contributed by atoms with Crippen LogP contribution < -0.4 is 0 Å². The summed E-state index contributed by atoms with van der Waals surface area (Å²) in [6, 6.07) is 0. The highest BCUT2D eigenvalue weighted by molar-refractivity contribution is 4.80. The minimum atomic E-state index is 0.0318. The van der Waals surface area contributed by atoms with Crippen LogP contribution in [0.2, 0.25) is 0 Å². The van der Waals surface area contributed by atoms with Crippen molar-refractivity contribution in [1.29, 1.82) is 0 Å². The van der Waals surface area contributed by atoms with Crippen molar-refractivity contribution >= 4 is 0 Å². The van der Waals surface area contributed by atoms with E-state index in [4.69, 9.17) is 4.74 Å². The van der Waals surface area contributed by atoms with Gasteiger partial charge in [0.2, 0.25) is 0 Å². The van der Waals surface area contributed by atoms with Gasteiger partial charge < -0.3 is 4.74 Å². The molecule has 0 unspecified atom stereocenters. The summed E-state index contributed by atoms with van der Waals surface area (Å²) in [5.41, 5.74) is 0.0318. The lowest BCUT2D eigenvalue weighted by Gasteiger charge is -2.19. The lowest BCUT2D eigenvalue weighted by Crippen LogP contribution is -2.19. The van der Waals surface area contributed by atoms with Crippen LogP contribution in [-0.4, -0.2) is 12.2 Å². The third-order valence-corrected chi connectivity index (χ3v) is 2.67. The average molecular weight is 240 g/mol. The first-order chi connectivity index (χ1) is 8.06. The Bertz CT molecular complexity index is 176. The summed E-state index contributed by atoms with van der Waals surface area (Å²) < 4.78 is 5.69. The van der Waals surface area contributed by atoms with Crippen LogP contribution >= 0.6 is 0 Å². The van der Waals surface area contributed by atoms with E-state index in [0.29, 0.717) is 0 Å². The van der Waals surface area contributed by atoms with Crippen molar-refractivity contribution in [1.82, 2.24) is 0 Å². The van der Waals surface area contributed by atoms with E-state index in [1.54, 1.807) is 0 Å². The molecule has 0 saturated carbocycles. The number of rotatable bonds is 10.